The largest absolute Gasteiger partial charge is 0.494 e. The van der Waals surface area contributed by atoms with Crippen molar-refractivity contribution >= 4 is 23.3 Å². The lowest BCUT2D eigenvalue weighted by atomic mass is 10.1. The van der Waals surface area contributed by atoms with Gasteiger partial charge >= 0.3 is 0 Å². The number of nitrogens with one attached hydrogen (secondary N) is 1. The smallest absolute Gasteiger partial charge is 0.253 e. The number of nitrogen functional groups attached to an aromatic ring is 1. The molecule has 3 N–H and O–H groups in total. The van der Waals surface area contributed by atoms with Gasteiger partial charge in [-0.15, -0.1) is 0 Å². The lowest BCUT2D eigenvalue weighted by Crippen LogP contribution is -2.31. The van der Waals surface area contributed by atoms with Crippen LogP contribution in [0.1, 0.15) is 42.1 Å². The minimum Gasteiger partial charge on any atom is -0.494 e. The van der Waals surface area contributed by atoms with Gasteiger partial charge in [-0.05, 0) is 55.7 Å². The van der Waals surface area contributed by atoms with Crippen LogP contribution in [0.3, 0.4) is 0 Å². The van der Waals surface area contributed by atoms with Crippen LogP contribution in [0.15, 0.2) is 48.5 Å². The molecule has 7 heteroatoms. The van der Waals surface area contributed by atoms with Crippen LogP contribution in [0.5, 0.6) is 5.75 Å². The van der Waals surface area contributed by atoms with Gasteiger partial charge in [0.25, 0.3) is 5.91 Å². The number of hydrogen-bond acceptors (Lipinski definition) is 4. The Morgan fingerprint density at radius 2 is 1.80 bits per heavy atom. The third kappa shape index (κ3) is 5.37. The zero-order valence-electron chi connectivity index (χ0n) is 17.3. The summed E-state index contributed by atoms with van der Waals surface area (Å²) in [5.74, 6) is 0.624. The molecule has 7 nitrogen and oxygen atoms in total. The molecule has 3 rings (SSSR count). The molecule has 0 aromatic heterocycles. The summed E-state index contributed by atoms with van der Waals surface area (Å²) >= 11 is 0. The first kappa shape index (κ1) is 21.4. The molecule has 1 aliphatic heterocycles. The quantitative estimate of drug-likeness (QED) is 0.398. The van der Waals surface area contributed by atoms with E-state index in [2.05, 4.69) is 0 Å². The number of carbonyl (C=O) groups excluding carboxylic acids is 2. The Balaban J connectivity index is 1.55. The average molecular weight is 409 g/mol. The highest BCUT2D eigenvalue weighted by molar-refractivity contribution is 5.96. The van der Waals surface area contributed by atoms with Crippen molar-refractivity contribution in [2.75, 3.05) is 31.1 Å². The Hall–Kier alpha value is -3.35. The van der Waals surface area contributed by atoms with E-state index in [9.17, 15) is 9.59 Å². The first-order valence-corrected chi connectivity index (χ1v) is 10.2. The topological polar surface area (TPSA) is 99.7 Å². The molecule has 0 spiro atoms. The normalized spacial score (nSPS) is 13.2. The molecule has 2 amide bonds. The van der Waals surface area contributed by atoms with Crippen LogP contribution in [0, 0.1) is 5.41 Å². The average Bonchev–Trinajstić information content (AvgIpc) is 3.28. The summed E-state index contributed by atoms with van der Waals surface area (Å²) in [4.78, 5) is 28.2. The number of rotatable bonds is 8. The molecule has 158 valence electrons. The van der Waals surface area contributed by atoms with Crippen LogP contribution in [-0.4, -0.2) is 48.8 Å². The first-order valence-electron chi connectivity index (χ1n) is 10.2. The van der Waals surface area contributed by atoms with Crippen LogP contribution in [-0.2, 0) is 4.79 Å². The zero-order valence-corrected chi connectivity index (χ0v) is 17.3. The molecule has 0 aliphatic carbocycles. The highest BCUT2D eigenvalue weighted by Gasteiger charge is 2.20. The van der Waals surface area contributed by atoms with Gasteiger partial charge in [0, 0.05) is 43.4 Å². The highest BCUT2D eigenvalue weighted by atomic mass is 16.5. The van der Waals surface area contributed by atoms with E-state index < -0.39 is 0 Å². The van der Waals surface area contributed by atoms with Gasteiger partial charge in [0.15, 0.2) is 0 Å². The molecular formula is C23H28N4O3. The van der Waals surface area contributed by atoms with E-state index in [-0.39, 0.29) is 17.6 Å². The molecule has 0 bridgehead atoms. The predicted octanol–water partition coefficient (Wildman–Crippen LogP) is 3.03. The van der Waals surface area contributed by atoms with Gasteiger partial charge in [0.1, 0.15) is 11.6 Å². The molecule has 2 aromatic carbocycles. The van der Waals surface area contributed by atoms with Gasteiger partial charge in [0.2, 0.25) is 5.91 Å². The van der Waals surface area contributed by atoms with Crippen molar-refractivity contribution in [3.8, 4) is 5.75 Å². The highest BCUT2D eigenvalue weighted by Crippen LogP contribution is 2.19. The summed E-state index contributed by atoms with van der Waals surface area (Å²) < 4.78 is 5.73. The Bertz CT molecular complexity index is 905. The lowest BCUT2D eigenvalue weighted by molar-refractivity contribution is -0.116. The molecule has 1 fully saturated rings. The number of carbonyl (C=O) groups is 2. The maximum atomic E-state index is 12.5. The molecule has 0 atom stereocenters. The summed E-state index contributed by atoms with van der Waals surface area (Å²) in [6.07, 6.45) is 2.75. The van der Waals surface area contributed by atoms with E-state index in [1.807, 2.05) is 23.1 Å². The third-order valence-electron chi connectivity index (χ3n) is 5.14. The zero-order chi connectivity index (χ0) is 21.5. The minimum atomic E-state index is -0.0628. The summed E-state index contributed by atoms with van der Waals surface area (Å²) in [5.41, 5.74) is 7.53. The SMILES string of the molecule is CC(=O)N(CCCOc1cccc(C(=N)N)c1)c1ccc(C(=O)N2CCCC2)cc1. The van der Waals surface area contributed by atoms with E-state index >= 15 is 0 Å². The Morgan fingerprint density at radius 1 is 1.10 bits per heavy atom. The van der Waals surface area contributed by atoms with E-state index in [1.165, 1.54) is 6.92 Å². The van der Waals surface area contributed by atoms with Crippen LogP contribution < -0.4 is 15.4 Å². The minimum absolute atomic E-state index is 0.00476. The fourth-order valence-corrected chi connectivity index (χ4v) is 3.52. The second-order valence-corrected chi connectivity index (χ2v) is 7.36. The summed E-state index contributed by atoms with van der Waals surface area (Å²) in [6.45, 7) is 4.09. The molecule has 30 heavy (non-hydrogen) atoms. The molecular weight excluding hydrogens is 380 g/mol. The van der Waals surface area contributed by atoms with Gasteiger partial charge in [-0.3, -0.25) is 15.0 Å². The van der Waals surface area contributed by atoms with Gasteiger partial charge in [0.05, 0.1) is 6.61 Å². The summed E-state index contributed by atoms with van der Waals surface area (Å²) in [7, 11) is 0. The molecule has 2 aromatic rings. The van der Waals surface area contributed by atoms with Gasteiger partial charge in [-0.25, -0.2) is 0 Å². The number of amides is 2. The van der Waals surface area contributed by atoms with Crippen LogP contribution >= 0.6 is 0 Å². The second kappa shape index (κ2) is 9.91. The lowest BCUT2D eigenvalue weighted by Gasteiger charge is -2.22. The molecule has 0 radical (unpaired) electrons. The van der Waals surface area contributed by atoms with E-state index in [0.29, 0.717) is 36.4 Å². The molecule has 1 saturated heterocycles. The standard InChI is InChI=1S/C23H28N4O3/c1-17(28)27(14-5-15-30-21-7-4-6-19(16-21)22(24)25)20-10-8-18(9-11-20)23(29)26-12-2-3-13-26/h4,6-11,16H,2-3,5,12-15H2,1H3,(H3,24,25). The van der Waals surface area contributed by atoms with Crippen molar-refractivity contribution < 1.29 is 14.3 Å². The van der Waals surface area contributed by atoms with Crippen molar-refractivity contribution in [3.63, 3.8) is 0 Å². The van der Waals surface area contributed by atoms with Crippen LogP contribution in [0.25, 0.3) is 0 Å². The van der Waals surface area contributed by atoms with Gasteiger partial charge in [-0.2, -0.15) is 0 Å². The number of nitrogens with two attached hydrogens (primary N) is 1. The van der Waals surface area contributed by atoms with Crippen molar-refractivity contribution in [2.45, 2.75) is 26.2 Å². The first-order chi connectivity index (χ1) is 14.5. The predicted molar refractivity (Wildman–Crippen MR) is 117 cm³/mol. The number of amidine groups is 1. The molecule has 0 saturated carbocycles. The van der Waals surface area contributed by atoms with Gasteiger partial charge in [-0.1, -0.05) is 12.1 Å². The van der Waals surface area contributed by atoms with Crippen LogP contribution in [0.4, 0.5) is 5.69 Å². The van der Waals surface area contributed by atoms with E-state index in [0.717, 1.165) is 31.6 Å². The summed E-state index contributed by atoms with van der Waals surface area (Å²) in [5, 5.41) is 7.49. The fourth-order valence-electron chi connectivity index (χ4n) is 3.52. The van der Waals surface area contributed by atoms with E-state index in [1.54, 1.807) is 35.2 Å². The number of nitrogens with zero attached hydrogens (tertiary/aromatic N) is 2. The van der Waals surface area contributed by atoms with Crippen LogP contribution in [0.2, 0.25) is 0 Å². The van der Waals surface area contributed by atoms with Crippen molar-refractivity contribution in [1.29, 1.82) is 5.41 Å². The maximum absolute atomic E-state index is 12.5. The van der Waals surface area contributed by atoms with E-state index in [4.69, 9.17) is 15.9 Å². The Labute approximate surface area is 176 Å². The number of anilines is 1. The van der Waals surface area contributed by atoms with Crippen molar-refractivity contribution in [1.82, 2.24) is 4.90 Å². The number of benzene rings is 2. The number of likely N-dealkylation sites (tertiary alicyclic amines) is 1. The third-order valence-corrected chi connectivity index (χ3v) is 5.14. The van der Waals surface area contributed by atoms with Gasteiger partial charge < -0.3 is 20.3 Å². The maximum Gasteiger partial charge on any atom is 0.253 e. The monoisotopic (exact) mass is 408 g/mol. The molecule has 0 unspecified atom stereocenters. The molecule has 1 heterocycles. The number of ether oxygens (including phenoxy) is 1. The second-order valence-electron chi connectivity index (χ2n) is 7.36. The van der Waals surface area contributed by atoms with Crippen molar-refractivity contribution in [2.24, 2.45) is 5.73 Å². The molecule has 1 aliphatic rings. The Kier molecular flexibility index (Phi) is 7.06. The van der Waals surface area contributed by atoms with Crippen molar-refractivity contribution in [3.05, 3.63) is 59.7 Å². The Morgan fingerprint density at radius 3 is 2.43 bits per heavy atom. The summed E-state index contributed by atoms with van der Waals surface area (Å²) in [6, 6.07) is 14.3. The fraction of sp³-hybridized carbons (Fsp3) is 0.348. The number of hydrogen-bond donors (Lipinski definition) is 2.